The predicted octanol–water partition coefficient (Wildman–Crippen LogP) is 1.79. The van der Waals surface area contributed by atoms with Crippen LogP contribution in [0.2, 0.25) is 0 Å². The summed E-state index contributed by atoms with van der Waals surface area (Å²) in [6.45, 7) is 0. The zero-order valence-electron chi connectivity index (χ0n) is 8.46. The van der Waals surface area contributed by atoms with Gasteiger partial charge in [-0.25, -0.2) is 0 Å². The quantitative estimate of drug-likeness (QED) is 0.354. The van der Waals surface area contributed by atoms with Crippen LogP contribution < -0.4 is 0 Å². The van der Waals surface area contributed by atoms with Gasteiger partial charge in [-0.3, -0.25) is 4.79 Å². The Morgan fingerprint density at radius 3 is 2.73 bits per heavy atom. The summed E-state index contributed by atoms with van der Waals surface area (Å²) in [6, 6.07) is 9.25. The van der Waals surface area contributed by atoms with Crippen molar-refractivity contribution in [1.29, 1.82) is 0 Å². The van der Waals surface area contributed by atoms with Crippen molar-refractivity contribution in [2.75, 3.05) is 7.11 Å². The van der Waals surface area contributed by atoms with Crippen molar-refractivity contribution < 1.29 is 14.7 Å². The lowest BCUT2D eigenvalue weighted by Gasteiger charge is -2.11. The van der Waals surface area contributed by atoms with E-state index in [0.29, 0.717) is 6.42 Å². The van der Waals surface area contributed by atoms with E-state index < -0.39 is 5.92 Å². The van der Waals surface area contributed by atoms with Crippen LogP contribution in [0.3, 0.4) is 0 Å². The molecule has 0 bridgehead atoms. The number of carbonyl (C=O) groups is 1. The van der Waals surface area contributed by atoms with Crippen molar-refractivity contribution in [1.82, 2.24) is 0 Å². The Kier molecular flexibility index (Phi) is 4.34. The Hall–Kier alpha value is -1.84. The molecule has 0 spiro atoms. The standard InChI is InChI=1S/C11H13NO3/c1-15-11(13)10(7-8-12-14)9-5-3-2-4-6-9/h2-6,8,10,14H,7H2,1H3. The molecule has 4 heteroatoms. The molecule has 0 radical (unpaired) electrons. The number of methoxy groups -OCH3 is 1. The van der Waals surface area contributed by atoms with Gasteiger partial charge in [0.25, 0.3) is 0 Å². The Bertz CT molecular complexity index is 335. The third kappa shape index (κ3) is 3.09. The second-order valence-electron chi connectivity index (χ2n) is 3.02. The van der Waals surface area contributed by atoms with E-state index in [1.54, 1.807) is 0 Å². The average Bonchev–Trinajstić information content (AvgIpc) is 2.30. The Balaban J connectivity index is 2.86. The van der Waals surface area contributed by atoms with Gasteiger partial charge in [0, 0.05) is 12.6 Å². The molecule has 0 heterocycles. The van der Waals surface area contributed by atoms with E-state index in [1.165, 1.54) is 13.3 Å². The SMILES string of the molecule is COC(=O)C(CC=NO)c1ccccc1. The molecular weight excluding hydrogens is 194 g/mol. The third-order valence-corrected chi connectivity index (χ3v) is 2.11. The molecule has 80 valence electrons. The van der Waals surface area contributed by atoms with Crippen molar-refractivity contribution >= 4 is 12.2 Å². The molecule has 0 aromatic heterocycles. The minimum absolute atomic E-state index is 0.327. The first-order chi connectivity index (χ1) is 7.29. The van der Waals surface area contributed by atoms with Gasteiger partial charge in [-0.05, 0) is 5.56 Å². The van der Waals surface area contributed by atoms with E-state index in [4.69, 9.17) is 5.21 Å². The summed E-state index contributed by atoms with van der Waals surface area (Å²) >= 11 is 0. The Morgan fingerprint density at radius 1 is 1.53 bits per heavy atom. The topological polar surface area (TPSA) is 58.9 Å². The van der Waals surface area contributed by atoms with Gasteiger partial charge in [0.15, 0.2) is 0 Å². The van der Waals surface area contributed by atoms with Gasteiger partial charge in [0.1, 0.15) is 0 Å². The van der Waals surface area contributed by atoms with Crippen LogP contribution >= 0.6 is 0 Å². The molecule has 0 saturated carbocycles. The maximum absolute atomic E-state index is 11.5. The highest BCUT2D eigenvalue weighted by molar-refractivity contribution is 5.81. The van der Waals surface area contributed by atoms with E-state index in [2.05, 4.69) is 9.89 Å². The zero-order valence-corrected chi connectivity index (χ0v) is 8.46. The monoisotopic (exact) mass is 207 g/mol. The highest BCUT2D eigenvalue weighted by atomic mass is 16.5. The maximum atomic E-state index is 11.5. The van der Waals surface area contributed by atoms with Crippen LogP contribution in [0, 0.1) is 0 Å². The van der Waals surface area contributed by atoms with Crippen LogP contribution in [0.25, 0.3) is 0 Å². The number of hydrogen-bond donors (Lipinski definition) is 1. The molecule has 1 aromatic carbocycles. The highest BCUT2D eigenvalue weighted by Gasteiger charge is 2.19. The molecule has 0 aliphatic rings. The van der Waals surface area contributed by atoms with E-state index in [1.807, 2.05) is 30.3 Å². The maximum Gasteiger partial charge on any atom is 0.313 e. The summed E-state index contributed by atoms with van der Waals surface area (Å²) in [5, 5.41) is 11.2. The minimum Gasteiger partial charge on any atom is -0.469 e. The molecule has 1 rings (SSSR count). The predicted molar refractivity (Wildman–Crippen MR) is 56.1 cm³/mol. The fourth-order valence-electron chi connectivity index (χ4n) is 1.35. The van der Waals surface area contributed by atoms with Crippen LogP contribution in [0.5, 0.6) is 0 Å². The summed E-state index contributed by atoms with van der Waals surface area (Å²) in [5.41, 5.74) is 0.851. The van der Waals surface area contributed by atoms with Crippen molar-refractivity contribution in [2.24, 2.45) is 5.16 Å². The summed E-state index contributed by atoms with van der Waals surface area (Å²) in [6.07, 6.45) is 1.61. The van der Waals surface area contributed by atoms with Crippen molar-refractivity contribution in [3.8, 4) is 0 Å². The number of benzene rings is 1. The molecule has 15 heavy (non-hydrogen) atoms. The first kappa shape index (κ1) is 11.2. The summed E-state index contributed by atoms with van der Waals surface area (Å²) in [4.78, 5) is 11.5. The van der Waals surface area contributed by atoms with Gasteiger partial charge < -0.3 is 9.94 Å². The second kappa shape index (κ2) is 5.80. The molecule has 1 aromatic rings. The number of rotatable bonds is 4. The second-order valence-corrected chi connectivity index (χ2v) is 3.02. The number of esters is 1. The fourth-order valence-corrected chi connectivity index (χ4v) is 1.35. The number of ether oxygens (including phenoxy) is 1. The van der Waals surface area contributed by atoms with E-state index in [0.717, 1.165) is 5.56 Å². The van der Waals surface area contributed by atoms with Crippen LogP contribution in [0.4, 0.5) is 0 Å². The molecule has 1 N–H and O–H groups in total. The molecule has 0 amide bonds. The molecule has 0 aliphatic carbocycles. The van der Waals surface area contributed by atoms with Gasteiger partial charge in [0.05, 0.1) is 13.0 Å². The van der Waals surface area contributed by atoms with Crippen molar-refractivity contribution in [3.05, 3.63) is 35.9 Å². The zero-order chi connectivity index (χ0) is 11.1. The highest BCUT2D eigenvalue weighted by Crippen LogP contribution is 2.19. The van der Waals surface area contributed by atoms with Crippen LogP contribution in [0.1, 0.15) is 17.9 Å². The third-order valence-electron chi connectivity index (χ3n) is 2.11. The van der Waals surface area contributed by atoms with Crippen LogP contribution in [-0.4, -0.2) is 24.5 Å². The van der Waals surface area contributed by atoms with Crippen molar-refractivity contribution in [3.63, 3.8) is 0 Å². The number of carbonyl (C=O) groups excluding carboxylic acids is 1. The molecule has 4 nitrogen and oxygen atoms in total. The molecule has 0 aliphatic heterocycles. The fraction of sp³-hybridized carbons (Fsp3) is 0.273. The lowest BCUT2D eigenvalue weighted by molar-refractivity contribution is -0.142. The molecule has 1 atom stereocenters. The van der Waals surface area contributed by atoms with Crippen LogP contribution in [-0.2, 0) is 9.53 Å². The Morgan fingerprint density at radius 2 is 2.20 bits per heavy atom. The molecule has 1 unspecified atom stereocenters. The normalized spacial score (nSPS) is 12.6. The van der Waals surface area contributed by atoms with E-state index >= 15 is 0 Å². The van der Waals surface area contributed by atoms with Gasteiger partial charge in [-0.2, -0.15) is 0 Å². The number of nitrogens with zero attached hydrogens (tertiary/aromatic N) is 1. The van der Waals surface area contributed by atoms with Gasteiger partial charge in [-0.1, -0.05) is 30.3 Å². The first-order valence-corrected chi connectivity index (χ1v) is 4.58. The van der Waals surface area contributed by atoms with E-state index in [-0.39, 0.29) is 5.97 Å². The van der Waals surface area contributed by atoms with Gasteiger partial charge in [-0.15, -0.1) is 5.16 Å². The molecule has 0 fully saturated rings. The average molecular weight is 207 g/mol. The Labute approximate surface area is 88.2 Å². The number of oxime groups is 1. The number of hydrogen-bond acceptors (Lipinski definition) is 4. The smallest absolute Gasteiger partial charge is 0.313 e. The first-order valence-electron chi connectivity index (χ1n) is 4.58. The van der Waals surface area contributed by atoms with Crippen molar-refractivity contribution in [2.45, 2.75) is 12.3 Å². The largest absolute Gasteiger partial charge is 0.469 e. The molecular formula is C11H13NO3. The summed E-state index contributed by atoms with van der Waals surface area (Å²) in [5.74, 6) is -0.742. The van der Waals surface area contributed by atoms with E-state index in [9.17, 15) is 4.79 Å². The summed E-state index contributed by atoms with van der Waals surface area (Å²) < 4.78 is 4.68. The lowest BCUT2D eigenvalue weighted by Crippen LogP contribution is -2.14. The summed E-state index contributed by atoms with van der Waals surface area (Å²) in [7, 11) is 1.34. The van der Waals surface area contributed by atoms with Crippen LogP contribution in [0.15, 0.2) is 35.5 Å². The minimum atomic E-state index is -0.410. The van der Waals surface area contributed by atoms with Gasteiger partial charge in [0.2, 0.25) is 0 Å². The molecule has 0 saturated heterocycles. The lowest BCUT2D eigenvalue weighted by atomic mass is 9.96. The van der Waals surface area contributed by atoms with Gasteiger partial charge >= 0.3 is 5.97 Å².